The molecule has 0 bridgehead atoms. The van der Waals surface area contributed by atoms with Gasteiger partial charge in [0, 0.05) is 9.99 Å². The zero-order valence-electron chi connectivity index (χ0n) is 12.6. The average molecular weight is 392 g/mol. The van der Waals surface area contributed by atoms with E-state index in [0.29, 0.717) is 12.2 Å². The Hall–Kier alpha value is -1.16. The summed E-state index contributed by atoms with van der Waals surface area (Å²) in [5.74, 6) is 0.319. The van der Waals surface area contributed by atoms with Crippen molar-refractivity contribution in [3.8, 4) is 0 Å². The first-order valence-electron chi connectivity index (χ1n) is 7.45. The maximum absolute atomic E-state index is 13.0. The zero-order chi connectivity index (χ0) is 15.3. The molecule has 0 radical (unpaired) electrons. The maximum Gasteiger partial charge on any atom is 0.147 e. The van der Waals surface area contributed by atoms with Crippen LogP contribution in [-0.2, 0) is 16.6 Å². The van der Waals surface area contributed by atoms with Crippen molar-refractivity contribution in [3.05, 3.63) is 69.3 Å². The van der Waals surface area contributed by atoms with Crippen LogP contribution in [0.25, 0.3) is 0 Å². The lowest BCUT2D eigenvalue weighted by Crippen LogP contribution is -2.36. The van der Waals surface area contributed by atoms with Crippen molar-refractivity contribution < 1.29 is 4.79 Å². The second kappa shape index (κ2) is 7.21. The van der Waals surface area contributed by atoms with Crippen molar-refractivity contribution >= 4 is 28.4 Å². The highest BCUT2D eigenvalue weighted by atomic mass is 127. The molecule has 0 fully saturated rings. The quantitative estimate of drug-likeness (QED) is 0.621. The lowest BCUT2D eigenvalue weighted by Gasteiger charge is -2.31. The van der Waals surface area contributed by atoms with Crippen molar-refractivity contribution in [2.75, 3.05) is 0 Å². The van der Waals surface area contributed by atoms with Crippen LogP contribution in [0.3, 0.4) is 0 Å². The molecule has 0 aliphatic rings. The number of ketones is 1. The fraction of sp³-hybridized carbons (Fsp3) is 0.316. The fourth-order valence-electron chi connectivity index (χ4n) is 2.93. The monoisotopic (exact) mass is 392 g/mol. The van der Waals surface area contributed by atoms with Gasteiger partial charge in [-0.05, 0) is 58.7 Å². The SMILES string of the molecule is CCC(CC)(C(=O)Cc1ccc(I)cc1)c1ccccc1. The summed E-state index contributed by atoms with van der Waals surface area (Å²) in [6, 6.07) is 18.4. The van der Waals surface area contributed by atoms with Crippen LogP contribution in [0.1, 0.15) is 37.8 Å². The van der Waals surface area contributed by atoms with Crippen LogP contribution in [0.15, 0.2) is 54.6 Å². The van der Waals surface area contributed by atoms with Crippen molar-refractivity contribution in [1.82, 2.24) is 0 Å². The first-order valence-corrected chi connectivity index (χ1v) is 8.53. The van der Waals surface area contributed by atoms with Crippen LogP contribution in [-0.4, -0.2) is 5.78 Å². The van der Waals surface area contributed by atoms with Crippen molar-refractivity contribution in [3.63, 3.8) is 0 Å². The smallest absolute Gasteiger partial charge is 0.147 e. The standard InChI is InChI=1S/C19H21IO/c1-3-19(4-2,16-8-6-5-7-9-16)18(21)14-15-10-12-17(20)13-11-15/h5-13H,3-4,14H2,1-2H3. The van der Waals surface area contributed by atoms with Gasteiger partial charge in [-0.1, -0.05) is 56.3 Å². The van der Waals surface area contributed by atoms with E-state index in [1.54, 1.807) is 0 Å². The third-order valence-corrected chi connectivity index (χ3v) is 5.06. The van der Waals surface area contributed by atoms with E-state index >= 15 is 0 Å². The fourth-order valence-corrected chi connectivity index (χ4v) is 3.29. The second-order valence-corrected chi connectivity index (χ2v) is 6.63. The Morgan fingerprint density at radius 3 is 2.05 bits per heavy atom. The van der Waals surface area contributed by atoms with E-state index in [1.807, 2.05) is 18.2 Å². The number of Topliss-reactive ketones (excluding diaryl/α,β-unsaturated/α-hetero) is 1. The molecule has 0 heterocycles. The largest absolute Gasteiger partial charge is 0.298 e. The van der Waals surface area contributed by atoms with E-state index < -0.39 is 0 Å². The number of benzene rings is 2. The molecule has 0 saturated heterocycles. The molecule has 0 saturated carbocycles. The summed E-state index contributed by atoms with van der Waals surface area (Å²) in [6.07, 6.45) is 2.20. The number of hydrogen-bond acceptors (Lipinski definition) is 1. The van der Waals surface area contributed by atoms with Gasteiger partial charge >= 0.3 is 0 Å². The molecule has 2 aromatic rings. The summed E-state index contributed by atoms with van der Waals surface area (Å²) in [5.41, 5.74) is 1.89. The van der Waals surface area contributed by atoms with Crippen LogP contribution in [0, 0.1) is 3.57 Å². The maximum atomic E-state index is 13.0. The van der Waals surface area contributed by atoms with E-state index in [4.69, 9.17) is 0 Å². The molecule has 0 amide bonds. The van der Waals surface area contributed by atoms with E-state index in [1.165, 1.54) is 3.57 Å². The molecular weight excluding hydrogens is 371 g/mol. The van der Waals surface area contributed by atoms with Crippen LogP contribution in [0.2, 0.25) is 0 Å². The summed E-state index contributed by atoms with van der Waals surface area (Å²) in [4.78, 5) is 13.0. The Kier molecular flexibility index (Phi) is 5.57. The molecule has 2 rings (SSSR count). The van der Waals surface area contributed by atoms with Crippen LogP contribution < -0.4 is 0 Å². The highest BCUT2D eigenvalue weighted by Gasteiger charge is 2.35. The number of hydrogen-bond donors (Lipinski definition) is 0. The molecule has 0 aliphatic carbocycles. The molecule has 2 heteroatoms. The Labute approximate surface area is 140 Å². The number of carbonyl (C=O) groups excluding carboxylic acids is 1. The third-order valence-electron chi connectivity index (χ3n) is 4.35. The minimum Gasteiger partial charge on any atom is -0.298 e. The molecule has 110 valence electrons. The molecule has 0 atom stereocenters. The van der Waals surface area contributed by atoms with Gasteiger partial charge in [-0.15, -0.1) is 0 Å². The Balaban J connectivity index is 2.30. The molecule has 0 aromatic heterocycles. The lowest BCUT2D eigenvalue weighted by molar-refractivity contribution is -0.124. The van der Waals surface area contributed by atoms with Crippen molar-refractivity contribution in [1.29, 1.82) is 0 Å². The van der Waals surface area contributed by atoms with Gasteiger partial charge in [-0.25, -0.2) is 0 Å². The minimum atomic E-state index is -0.357. The van der Waals surface area contributed by atoms with Gasteiger partial charge in [0.25, 0.3) is 0 Å². The predicted molar refractivity (Wildman–Crippen MR) is 96.6 cm³/mol. The first kappa shape index (κ1) is 16.2. The van der Waals surface area contributed by atoms with Crippen molar-refractivity contribution in [2.24, 2.45) is 0 Å². The highest BCUT2D eigenvalue weighted by molar-refractivity contribution is 14.1. The van der Waals surface area contributed by atoms with E-state index in [0.717, 1.165) is 24.0 Å². The molecule has 2 aromatic carbocycles. The van der Waals surface area contributed by atoms with Gasteiger partial charge in [0.1, 0.15) is 5.78 Å². The second-order valence-electron chi connectivity index (χ2n) is 5.38. The highest BCUT2D eigenvalue weighted by Crippen LogP contribution is 2.33. The topological polar surface area (TPSA) is 17.1 Å². The van der Waals surface area contributed by atoms with Gasteiger partial charge < -0.3 is 0 Å². The van der Waals surface area contributed by atoms with Crippen LogP contribution in [0.5, 0.6) is 0 Å². The van der Waals surface area contributed by atoms with Gasteiger partial charge in [-0.2, -0.15) is 0 Å². The number of carbonyl (C=O) groups is 1. The van der Waals surface area contributed by atoms with Gasteiger partial charge in [0.05, 0.1) is 5.41 Å². The Morgan fingerprint density at radius 2 is 1.52 bits per heavy atom. The van der Waals surface area contributed by atoms with Gasteiger partial charge in [0.2, 0.25) is 0 Å². The zero-order valence-corrected chi connectivity index (χ0v) is 14.8. The number of halogens is 1. The summed E-state index contributed by atoms with van der Waals surface area (Å²) in [7, 11) is 0. The molecule has 0 unspecified atom stereocenters. The predicted octanol–water partition coefficient (Wildman–Crippen LogP) is 5.16. The average Bonchev–Trinajstić information content (AvgIpc) is 2.52. The molecule has 0 aliphatic heterocycles. The normalized spacial score (nSPS) is 11.4. The summed E-state index contributed by atoms with van der Waals surface area (Å²) in [6.45, 7) is 4.23. The summed E-state index contributed by atoms with van der Waals surface area (Å²) in [5, 5.41) is 0. The van der Waals surface area contributed by atoms with E-state index in [2.05, 4.69) is 72.8 Å². The van der Waals surface area contributed by atoms with E-state index in [9.17, 15) is 4.79 Å². The summed E-state index contributed by atoms with van der Waals surface area (Å²) >= 11 is 2.29. The Morgan fingerprint density at radius 1 is 0.952 bits per heavy atom. The van der Waals surface area contributed by atoms with Gasteiger partial charge in [0.15, 0.2) is 0 Å². The Bertz CT molecular complexity index is 583. The first-order chi connectivity index (χ1) is 10.1. The lowest BCUT2D eigenvalue weighted by atomic mass is 9.71. The molecule has 1 nitrogen and oxygen atoms in total. The molecule has 0 spiro atoms. The van der Waals surface area contributed by atoms with Gasteiger partial charge in [-0.3, -0.25) is 4.79 Å². The van der Waals surface area contributed by atoms with E-state index in [-0.39, 0.29) is 5.41 Å². The number of rotatable bonds is 6. The molecule has 21 heavy (non-hydrogen) atoms. The third kappa shape index (κ3) is 3.54. The summed E-state index contributed by atoms with van der Waals surface area (Å²) < 4.78 is 1.20. The molecular formula is C19H21IO. The minimum absolute atomic E-state index is 0.319. The molecule has 0 N–H and O–H groups in total. The van der Waals surface area contributed by atoms with Crippen molar-refractivity contribution in [2.45, 2.75) is 38.5 Å². The van der Waals surface area contributed by atoms with Crippen LogP contribution in [0.4, 0.5) is 0 Å². The van der Waals surface area contributed by atoms with Crippen LogP contribution >= 0.6 is 22.6 Å².